The third-order valence-electron chi connectivity index (χ3n) is 10.8. The van der Waals surface area contributed by atoms with Crippen LogP contribution in [0.4, 0.5) is 0 Å². The van der Waals surface area contributed by atoms with Gasteiger partial charge >= 0.3 is 0 Å². The SMILES string of the molecule is C1=CCC2Oc3c(ccc4c5ccc6ccccc6c5n(-c5ccc(-c6ccc(-c7nc(-c8ccccc8)cc(-c8ccccc8)n7)cc6)cc5)c34)OC2=C1. The van der Waals surface area contributed by atoms with Gasteiger partial charge < -0.3 is 14.0 Å². The molecule has 11 rings (SSSR count). The molecule has 0 amide bonds. The minimum absolute atomic E-state index is 0.146. The number of allylic oxidation sites excluding steroid dienone is 2. The monoisotopic (exact) mass is 707 g/mol. The maximum Gasteiger partial charge on any atom is 0.187 e. The second-order valence-electron chi connectivity index (χ2n) is 14.1. The van der Waals surface area contributed by atoms with Gasteiger partial charge in [-0.1, -0.05) is 146 Å². The topological polar surface area (TPSA) is 49.2 Å². The van der Waals surface area contributed by atoms with Gasteiger partial charge in [0.2, 0.25) is 0 Å². The Morgan fingerprint density at radius 2 is 1.15 bits per heavy atom. The van der Waals surface area contributed by atoms with Crippen LogP contribution >= 0.6 is 0 Å². The smallest absolute Gasteiger partial charge is 0.187 e. The molecule has 0 N–H and O–H groups in total. The minimum atomic E-state index is -0.146. The summed E-state index contributed by atoms with van der Waals surface area (Å²) < 4.78 is 15.6. The van der Waals surface area contributed by atoms with E-state index < -0.39 is 0 Å². The van der Waals surface area contributed by atoms with Crippen LogP contribution < -0.4 is 9.47 Å². The number of fused-ring (bicyclic) bond motifs is 8. The molecule has 0 saturated heterocycles. The lowest BCUT2D eigenvalue weighted by atomic mass is 10.0. The largest absolute Gasteiger partial charge is 0.476 e. The summed E-state index contributed by atoms with van der Waals surface area (Å²) in [6.45, 7) is 0. The molecule has 260 valence electrons. The molecule has 5 heteroatoms. The standard InChI is InChI=1S/C50H33N3O2/c1-3-12-35(13-4-1)42-31-43(36-14-5-2-6-15-36)52-50(51-42)37-21-19-32(20-22-37)33-23-26-38(27-24-33)53-47-39-16-8-7-11-34(39)25-28-40(47)41-29-30-46-49(48(41)53)55-45-18-10-9-17-44(45)54-46/h1-17,19-31,45H,18H2. The number of benzene rings is 7. The average Bonchev–Trinajstić information content (AvgIpc) is 3.62. The van der Waals surface area contributed by atoms with Crippen molar-refractivity contribution in [1.29, 1.82) is 0 Å². The maximum atomic E-state index is 6.78. The van der Waals surface area contributed by atoms with E-state index in [0.717, 1.165) is 85.0 Å². The summed E-state index contributed by atoms with van der Waals surface area (Å²) in [6.07, 6.45) is 6.81. The summed E-state index contributed by atoms with van der Waals surface area (Å²) in [7, 11) is 0. The van der Waals surface area contributed by atoms with Crippen molar-refractivity contribution >= 4 is 32.6 Å². The Morgan fingerprint density at radius 3 is 1.87 bits per heavy atom. The van der Waals surface area contributed by atoms with E-state index in [0.29, 0.717) is 5.82 Å². The van der Waals surface area contributed by atoms with Gasteiger partial charge in [0.05, 0.1) is 16.9 Å². The molecule has 3 heterocycles. The Labute approximate surface area is 318 Å². The summed E-state index contributed by atoms with van der Waals surface area (Å²) in [6, 6.07) is 57.3. The molecule has 5 nitrogen and oxygen atoms in total. The summed E-state index contributed by atoms with van der Waals surface area (Å²) in [5, 5.41) is 4.70. The van der Waals surface area contributed by atoms with E-state index in [2.05, 4.69) is 132 Å². The highest BCUT2D eigenvalue weighted by atomic mass is 16.6. The predicted molar refractivity (Wildman–Crippen MR) is 223 cm³/mol. The van der Waals surface area contributed by atoms with E-state index >= 15 is 0 Å². The van der Waals surface area contributed by atoms with Gasteiger partial charge in [0.1, 0.15) is 11.3 Å². The van der Waals surface area contributed by atoms with E-state index in [-0.39, 0.29) is 6.10 Å². The van der Waals surface area contributed by atoms with Crippen molar-refractivity contribution in [2.24, 2.45) is 0 Å². The highest BCUT2D eigenvalue weighted by Crippen LogP contribution is 2.48. The van der Waals surface area contributed by atoms with Gasteiger partial charge in [-0.15, -0.1) is 0 Å². The van der Waals surface area contributed by atoms with Gasteiger partial charge in [-0.05, 0) is 52.9 Å². The molecule has 1 aliphatic carbocycles. The molecule has 0 bridgehead atoms. The molecule has 0 fully saturated rings. The molecule has 9 aromatic rings. The zero-order valence-electron chi connectivity index (χ0n) is 29.8. The third-order valence-corrected chi connectivity index (χ3v) is 10.8. The molecule has 1 aliphatic heterocycles. The van der Waals surface area contributed by atoms with Crippen LogP contribution in [0, 0.1) is 0 Å². The lowest BCUT2D eigenvalue weighted by Crippen LogP contribution is -2.28. The second kappa shape index (κ2) is 12.7. The van der Waals surface area contributed by atoms with E-state index in [1.807, 2.05) is 54.6 Å². The third kappa shape index (κ3) is 5.32. The van der Waals surface area contributed by atoms with Gasteiger partial charge in [0.25, 0.3) is 0 Å². The fourth-order valence-corrected chi connectivity index (χ4v) is 8.04. The quantitative estimate of drug-likeness (QED) is 0.179. The van der Waals surface area contributed by atoms with Crippen LogP contribution in [0.1, 0.15) is 6.42 Å². The molecule has 2 aromatic heterocycles. The molecule has 1 atom stereocenters. The number of ether oxygens (including phenoxy) is 2. The first kappa shape index (κ1) is 31.3. The molecular weight excluding hydrogens is 675 g/mol. The van der Waals surface area contributed by atoms with Crippen molar-refractivity contribution in [2.45, 2.75) is 12.5 Å². The fourth-order valence-electron chi connectivity index (χ4n) is 8.04. The molecule has 0 spiro atoms. The second-order valence-corrected chi connectivity index (χ2v) is 14.1. The lowest BCUT2D eigenvalue weighted by Gasteiger charge is -2.30. The first-order valence-corrected chi connectivity index (χ1v) is 18.7. The Hall–Kier alpha value is -7.24. The predicted octanol–water partition coefficient (Wildman–Crippen LogP) is 12.4. The Morgan fingerprint density at radius 1 is 0.527 bits per heavy atom. The Bertz CT molecular complexity index is 2920. The molecular formula is C50H33N3O2. The number of aromatic nitrogens is 3. The van der Waals surface area contributed by atoms with Crippen LogP contribution in [0.5, 0.6) is 11.5 Å². The molecule has 1 unspecified atom stereocenters. The van der Waals surface area contributed by atoms with Crippen molar-refractivity contribution in [3.8, 4) is 62.2 Å². The van der Waals surface area contributed by atoms with Gasteiger partial charge in [-0.3, -0.25) is 0 Å². The van der Waals surface area contributed by atoms with E-state index in [4.69, 9.17) is 19.4 Å². The molecule has 55 heavy (non-hydrogen) atoms. The molecule has 0 saturated carbocycles. The Balaban J connectivity index is 1.00. The number of nitrogens with zero attached hydrogens (tertiary/aromatic N) is 3. The molecule has 7 aromatic carbocycles. The van der Waals surface area contributed by atoms with Crippen molar-refractivity contribution in [3.05, 3.63) is 188 Å². The Kier molecular flexibility index (Phi) is 7.24. The van der Waals surface area contributed by atoms with E-state index in [1.54, 1.807) is 0 Å². The normalized spacial score (nSPS) is 14.6. The first-order chi connectivity index (χ1) is 27.2. The zero-order chi connectivity index (χ0) is 36.3. The van der Waals surface area contributed by atoms with Crippen LogP contribution in [0.2, 0.25) is 0 Å². The van der Waals surface area contributed by atoms with Crippen molar-refractivity contribution in [1.82, 2.24) is 14.5 Å². The summed E-state index contributed by atoms with van der Waals surface area (Å²) in [5.74, 6) is 3.07. The maximum absolute atomic E-state index is 6.78. The van der Waals surface area contributed by atoms with Crippen LogP contribution in [0.25, 0.3) is 83.3 Å². The van der Waals surface area contributed by atoms with Crippen LogP contribution in [0.15, 0.2) is 188 Å². The van der Waals surface area contributed by atoms with Crippen LogP contribution in [-0.2, 0) is 0 Å². The molecule has 2 aliphatic rings. The van der Waals surface area contributed by atoms with Gasteiger partial charge in [0.15, 0.2) is 23.4 Å². The highest BCUT2D eigenvalue weighted by molar-refractivity contribution is 6.20. The number of hydrogen-bond donors (Lipinski definition) is 0. The average molecular weight is 708 g/mol. The van der Waals surface area contributed by atoms with Gasteiger partial charge in [0, 0.05) is 45.0 Å². The van der Waals surface area contributed by atoms with Crippen molar-refractivity contribution in [3.63, 3.8) is 0 Å². The molecule has 0 radical (unpaired) electrons. The summed E-state index contributed by atoms with van der Waals surface area (Å²) in [5.41, 5.74) is 10.3. The van der Waals surface area contributed by atoms with Crippen LogP contribution in [0.3, 0.4) is 0 Å². The number of rotatable bonds is 5. The van der Waals surface area contributed by atoms with E-state index in [1.165, 1.54) is 16.2 Å². The summed E-state index contributed by atoms with van der Waals surface area (Å²) in [4.78, 5) is 10.1. The highest BCUT2D eigenvalue weighted by Gasteiger charge is 2.31. The van der Waals surface area contributed by atoms with Gasteiger partial charge in [-0.2, -0.15) is 0 Å². The fraction of sp³-hybridized carbons (Fsp3) is 0.0400. The zero-order valence-corrected chi connectivity index (χ0v) is 29.8. The van der Waals surface area contributed by atoms with E-state index in [9.17, 15) is 0 Å². The van der Waals surface area contributed by atoms with Crippen molar-refractivity contribution < 1.29 is 9.47 Å². The number of hydrogen-bond acceptors (Lipinski definition) is 4. The lowest BCUT2D eigenvalue weighted by molar-refractivity contribution is 0.149. The van der Waals surface area contributed by atoms with Gasteiger partial charge in [-0.25, -0.2) is 9.97 Å². The van der Waals surface area contributed by atoms with Crippen molar-refractivity contribution in [2.75, 3.05) is 0 Å². The van der Waals surface area contributed by atoms with Crippen LogP contribution in [-0.4, -0.2) is 20.6 Å². The minimum Gasteiger partial charge on any atom is -0.476 e. The first-order valence-electron chi connectivity index (χ1n) is 18.7. The summed E-state index contributed by atoms with van der Waals surface area (Å²) >= 11 is 0.